The first-order valence-corrected chi connectivity index (χ1v) is 4.44. The lowest BCUT2D eigenvalue weighted by molar-refractivity contribution is -0.131. The number of hydrogen-bond donors (Lipinski definition) is 1. The van der Waals surface area contributed by atoms with Gasteiger partial charge in [-0.3, -0.25) is 0 Å². The highest BCUT2D eigenvalue weighted by Crippen LogP contribution is 2.13. The largest absolute Gasteiger partial charge is 0.478 e. The molecule has 0 aromatic rings. The van der Waals surface area contributed by atoms with Crippen LogP contribution in [0.15, 0.2) is 12.2 Å². The molecule has 76 valence electrons. The normalized spacial score (nSPS) is 14.8. The van der Waals surface area contributed by atoms with E-state index in [2.05, 4.69) is 0 Å². The molecule has 0 aromatic carbocycles. The quantitative estimate of drug-likeness (QED) is 0.685. The molecule has 3 nitrogen and oxygen atoms in total. The maximum Gasteiger partial charge on any atom is 0.328 e. The highest BCUT2D eigenvalue weighted by molar-refractivity contribution is 5.79. The third-order valence-corrected chi connectivity index (χ3v) is 1.36. The van der Waals surface area contributed by atoms with Crippen molar-refractivity contribution in [2.75, 3.05) is 0 Å². The molecule has 0 aliphatic heterocycles. The zero-order valence-corrected chi connectivity index (χ0v) is 8.70. The number of carboxylic acid groups (broad SMARTS) is 1. The molecule has 0 aliphatic carbocycles. The number of rotatable bonds is 4. The Morgan fingerprint density at radius 2 is 2.08 bits per heavy atom. The van der Waals surface area contributed by atoms with Crippen LogP contribution in [0.2, 0.25) is 0 Å². The third kappa shape index (κ3) is 7.53. The second kappa shape index (κ2) is 5.02. The maximum atomic E-state index is 10.2. The molecule has 13 heavy (non-hydrogen) atoms. The van der Waals surface area contributed by atoms with Crippen molar-refractivity contribution in [1.82, 2.24) is 0 Å². The average Bonchev–Trinajstić information content (AvgIpc) is 1.95. The summed E-state index contributed by atoms with van der Waals surface area (Å²) >= 11 is 0. The molecule has 0 aromatic heterocycles. The summed E-state index contributed by atoms with van der Waals surface area (Å²) in [6.07, 6.45) is 3.37. The number of hydrogen-bond acceptors (Lipinski definition) is 2. The number of aliphatic carboxylic acids is 1. The first-order chi connectivity index (χ1) is 5.85. The Balaban J connectivity index is 4.12. The molecule has 0 rings (SSSR count). The second-order valence-electron chi connectivity index (χ2n) is 3.87. The van der Waals surface area contributed by atoms with Crippen molar-refractivity contribution in [2.45, 2.75) is 45.8 Å². The van der Waals surface area contributed by atoms with E-state index in [0.29, 0.717) is 0 Å². The summed E-state index contributed by atoms with van der Waals surface area (Å²) in [7, 11) is 0. The van der Waals surface area contributed by atoms with Crippen molar-refractivity contribution < 1.29 is 14.6 Å². The van der Waals surface area contributed by atoms with Gasteiger partial charge in [0.15, 0.2) is 0 Å². The van der Waals surface area contributed by atoms with Gasteiger partial charge in [0.2, 0.25) is 0 Å². The van der Waals surface area contributed by atoms with Crippen LogP contribution in [0.5, 0.6) is 0 Å². The van der Waals surface area contributed by atoms with E-state index in [9.17, 15) is 4.79 Å². The minimum atomic E-state index is -0.934. The molecule has 0 saturated carbocycles. The van der Waals surface area contributed by atoms with Gasteiger partial charge in [-0.2, -0.15) is 0 Å². The van der Waals surface area contributed by atoms with Gasteiger partial charge in [0.25, 0.3) is 0 Å². The van der Waals surface area contributed by atoms with Crippen LogP contribution in [0.25, 0.3) is 0 Å². The van der Waals surface area contributed by atoms with Crippen LogP contribution in [0.3, 0.4) is 0 Å². The fourth-order valence-electron chi connectivity index (χ4n) is 0.902. The van der Waals surface area contributed by atoms with E-state index in [4.69, 9.17) is 9.84 Å². The molecule has 1 N–H and O–H groups in total. The number of carbonyl (C=O) groups is 1. The summed E-state index contributed by atoms with van der Waals surface area (Å²) in [6, 6.07) is 0. The first kappa shape index (κ1) is 12.2. The summed E-state index contributed by atoms with van der Waals surface area (Å²) in [5, 5.41) is 8.41. The molecule has 0 heterocycles. The zero-order chi connectivity index (χ0) is 10.5. The lowest BCUT2D eigenvalue weighted by Crippen LogP contribution is -2.25. The van der Waals surface area contributed by atoms with Gasteiger partial charge in [-0.15, -0.1) is 0 Å². The predicted octanol–water partition coefficient (Wildman–Crippen LogP) is 2.22. The molecule has 3 heteroatoms. The highest BCUT2D eigenvalue weighted by Gasteiger charge is 2.15. The van der Waals surface area contributed by atoms with E-state index in [1.165, 1.54) is 0 Å². The molecule has 0 aliphatic rings. The topological polar surface area (TPSA) is 46.5 Å². The summed E-state index contributed by atoms with van der Waals surface area (Å²) in [6.45, 7) is 7.81. The summed E-state index contributed by atoms with van der Waals surface area (Å²) in [4.78, 5) is 10.2. The second-order valence-corrected chi connectivity index (χ2v) is 3.87. The fourth-order valence-corrected chi connectivity index (χ4v) is 0.902. The maximum absolute atomic E-state index is 10.2. The summed E-state index contributed by atoms with van der Waals surface area (Å²) in [5.74, 6) is -0.934. The Morgan fingerprint density at radius 1 is 1.54 bits per heavy atom. The Bertz CT molecular complexity index is 189. The monoisotopic (exact) mass is 186 g/mol. The SMILES string of the molecule is CCC(/C=C/C(=O)O)OC(C)(C)C. The van der Waals surface area contributed by atoms with Gasteiger partial charge in [0.05, 0.1) is 11.7 Å². The van der Waals surface area contributed by atoms with Gasteiger partial charge < -0.3 is 9.84 Å². The standard InChI is InChI=1S/C10H18O3/c1-5-8(6-7-9(11)12)13-10(2,3)4/h6-8H,5H2,1-4H3,(H,11,12)/b7-6+. The third-order valence-electron chi connectivity index (χ3n) is 1.36. The lowest BCUT2D eigenvalue weighted by Gasteiger charge is -2.24. The Labute approximate surface area is 79.4 Å². The van der Waals surface area contributed by atoms with Crippen molar-refractivity contribution in [3.05, 3.63) is 12.2 Å². The molecular weight excluding hydrogens is 168 g/mol. The average molecular weight is 186 g/mol. The van der Waals surface area contributed by atoms with Crippen LogP contribution in [0.4, 0.5) is 0 Å². The smallest absolute Gasteiger partial charge is 0.328 e. The molecular formula is C10H18O3. The van der Waals surface area contributed by atoms with Gasteiger partial charge in [-0.25, -0.2) is 4.79 Å². The molecule has 0 radical (unpaired) electrons. The molecule has 0 bridgehead atoms. The van der Waals surface area contributed by atoms with E-state index in [1.807, 2.05) is 27.7 Å². The van der Waals surface area contributed by atoms with E-state index < -0.39 is 5.97 Å². The molecule has 0 fully saturated rings. The Morgan fingerprint density at radius 3 is 2.38 bits per heavy atom. The molecule has 1 unspecified atom stereocenters. The minimum Gasteiger partial charge on any atom is -0.478 e. The number of carboxylic acids is 1. The van der Waals surface area contributed by atoms with E-state index in [-0.39, 0.29) is 11.7 Å². The van der Waals surface area contributed by atoms with Gasteiger partial charge in [-0.1, -0.05) is 6.92 Å². The van der Waals surface area contributed by atoms with Gasteiger partial charge >= 0.3 is 5.97 Å². The van der Waals surface area contributed by atoms with Crippen LogP contribution in [0, 0.1) is 0 Å². The first-order valence-electron chi connectivity index (χ1n) is 4.44. The van der Waals surface area contributed by atoms with E-state index in [0.717, 1.165) is 12.5 Å². The minimum absolute atomic E-state index is 0.115. The fraction of sp³-hybridized carbons (Fsp3) is 0.700. The zero-order valence-electron chi connectivity index (χ0n) is 8.70. The van der Waals surface area contributed by atoms with Crippen LogP contribution < -0.4 is 0 Å². The van der Waals surface area contributed by atoms with Crippen LogP contribution in [-0.4, -0.2) is 22.8 Å². The lowest BCUT2D eigenvalue weighted by atomic mass is 10.1. The molecule has 0 saturated heterocycles. The van der Waals surface area contributed by atoms with Crippen LogP contribution in [0.1, 0.15) is 34.1 Å². The predicted molar refractivity (Wildman–Crippen MR) is 51.7 cm³/mol. The Kier molecular flexibility index (Phi) is 4.70. The van der Waals surface area contributed by atoms with Crippen LogP contribution in [-0.2, 0) is 9.53 Å². The summed E-state index contributed by atoms with van der Waals surface area (Å²) in [5.41, 5.74) is -0.233. The van der Waals surface area contributed by atoms with Gasteiger partial charge in [-0.05, 0) is 33.3 Å². The Hall–Kier alpha value is -0.830. The number of ether oxygens (including phenoxy) is 1. The van der Waals surface area contributed by atoms with Crippen molar-refractivity contribution >= 4 is 5.97 Å². The summed E-state index contributed by atoms with van der Waals surface area (Å²) < 4.78 is 5.59. The van der Waals surface area contributed by atoms with Crippen LogP contribution >= 0.6 is 0 Å². The molecule has 1 atom stereocenters. The van der Waals surface area contributed by atoms with Crippen molar-refractivity contribution in [1.29, 1.82) is 0 Å². The molecule has 0 spiro atoms. The van der Waals surface area contributed by atoms with Crippen molar-refractivity contribution in [3.8, 4) is 0 Å². The molecule has 0 amide bonds. The van der Waals surface area contributed by atoms with E-state index >= 15 is 0 Å². The van der Waals surface area contributed by atoms with Crippen molar-refractivity contribution in [3.63, 3.8) is 0 Å². The van der Waals surface area contributed by atoms with Gasteiger partial charge in [0.1, 0.15) is 0 Å². The van der Waals surface area contributed by atoms with Crippen molar-refractivity contribution in [2.24, 2.45) is 0 Å². The van der Waals surface area contributed by atoms with Gasteiger partial charge in [0, 0.05) is 6.08 Å². The highest BCUT2D eigenvalue weighted by atomic mass is 16.5. The van der Waals surface area contributed by atoms with E-state index in [1.54, 1.807) is 6.08 Å².